The fourth-order valence-corrected chi connectivity index (χ4v) is 3.23. The van der Waals surface area contributed by atoms with Gasteiger partial charge in [0.15, 0.2) is 17.6 Å². The van der Waals surface area contributed by atoms with Crippen LogP contribution in [0.4, 0.5) is 18.9 Å². The van der Waals surface area contributed by atoms with Crippen molar-refractivity contribution in [2.24, 2.45) is 0 Å². The van der Waals surface area contributed by atoms with E-state index in [1.165, 1.54) is 25.1 Å². The van der Waals surface area contributed by atoms with Crippen LogP contribution in [-0.2, 0) is 27.0 Å². The maximum Gasteiger partial charge on any atom is 0.449 e. The minimum absolute atomic E-state index is 0.0945. The molecule has 168 valence electrons. The number of carbonyl (C=O) groups excluding carboxylic acids is 2. The summed E-state index contributed by atoms with van der Waals surface area (Å²) < 4.78 is 56.7. The van der Waals surface area contributed by atoms with Crippen molar-refractivity contribution in [2.45, 2.75) is 25.7 Å². The Hall–Kier alpha value is -3.76. The summed E-state index contributed by atoms with van der Waals surface area (Å²) in [4.78, 5) is 28.3. The molecular weight excluding hydrogens is 431 g/mol. The highest BCUT2D eigenvalue weighted by Crippen LogP contribution is 2.33. The highest BCUT2D eigenvalue weighted by molar-refractivity contribution is 5.95. The molecule has 0 radical (unpaired) electrons. The smallest absolute Gasteiger partial charge is 0.449 e. The number of hydrogen-bond acceptors (Lipinski definition) is 6. The van der Waals surface area contributed by atoms with Gasteiger partial charge in [-0.25, -0.2) is 4.98 Å². The average Bonchev–Trinajstić information content (AvgIpc) is 3.12. The van der Waals surface area contributed by atoms with Crippen LogP contribution in [-0.4, -0.2) is 40.7 Å². The first-order valence-corrected chi connectivity index (χ1v) is 9.65. The Balaban J connectivity index is 1.44. The molecule has 1 aromatic heterocycles. The normalized spacial score (nSPS) is 14.1. The van der Waals surface area contributed by atoms with E-state index in [-0.39, 0.29) is 11.0 Å². The van der Waals surface area contributed by atoms with Gasteiger partial charge < -0.3 is 24.1 Å². The molecule has 0 spiro atoms. The van der Waals surface area contributed by atoms with Crippen LogP contribution < -0.4 is 14.8 Å². The number of ether oxygens (including phenoxy) is 3. The maximum atomic E-state index is 13.4. The van der Waals surface area contributed by atoms with Crippen molar-refractivity contribution in [3.63, 3.8) is 0 Å². The molecule has 11 heteroatoms. The van der Waals surface area contributed by atoms with Gasteiger partial charge in [-0.1, -0.05) is 12.1 Å². The predicted molar refractivity (Wildman–Crippen MR) is 106 cm³/mol. The van der Waals surface area contributed by atoms with E-state index in [1.54, 1.807) is 24.3 Å². The molecule has 8 nitrogen and oxygen atoms in total. The van der Waals surface area contributed by atoms with Gasteiger partial charge in [0.2, 0.25) is 5.82 Å². The van der Waals surface area contributed by atoms with Gasteiger partial charge in [-0.3, -0.25) is 9.59 Å². The first kappa shape index (κ1) is 21.5. The average molecular weight is 449 g/mol. The van der Waals surface area contributed by atoms with Crippen molar-refractivity contribution in [1.29, 1.82) is 0 Å². The third-order valence-electron chi connectivity index (χ3n) is 4.68. The van der Waals surface area contributed by atoms with Crippen LogP contribution in [0, 0.1) is 0 Å². The lowest BCUT2D eigenvalue weighted by atomic mass is 10.2. The molecule has 2 heterocycles. The monoisotopic (exact) mass is 449 g/mol. The second kappa shape index (κ2) is 8.40. The van der Waals surface area contributed by atoms with Crippen molar-refractivity contribution in [1.82, 2.24) is 9.55 Å². The molecule has 4 rings (SSSR count). The minimum atomic E-state index is -4.76. The first-order valence-electron chi connectivity index (χ1n) is 9.65. The Bertz CT molecular complexity index is 1180. The Morgan fingerprint density at radius 3 is 2.62 bits per heavy atom. The summed E-state index contributed by atoms with van der Waals surface area (Å²) in [7, 11) is 0. The molecular formula is C21H18F3N3O5. The number of hydrogen-bond donors (Lipinski definition) is 1. The van der Waals surface area contributed by atoms with Gasteiger partial charge in [-0.2, -0.15) is 13.2 Å². The summed E-state index contributed by atoms with van der Waals surface area (Å²) in [5.74, 6) is -1.87. The number of alkyl halides is 3. The van der Waals surface area contributed by atoms with E-state index < -0.39 is 36.5 Å². The number of esters is 1. The Kier molecular flexibility index (Phi) is 5.64. The van der Waals surface area contributed by atoms with E-state index >= 15 is 0 Å². The van der Waals surface area contributed by atoms with Crippen LogP contribution in [0.15, 0.2) is 42.5 Å². The van der Waals surface area contributed by atoms with Crippen molar-refractivity contribution < 1.29 is 37.0 Å². The molecule has 1 N–H and O–H groups in total. The fourth-order valence-electron chi connectivity index (χ4n) is 3.23. The molecule has 1 atom stereocenters. The number of nitrogens with zero attached hydrogens (tertiary/aromatic N) is 2. The Morgan fingerprint density at radius 1 is 1.16 bits per heavy atom. The largest absolute Gasteiger partial charge is 0.486 e. The Labute approximate surface area is 179 Å². The first-order chi connectivity index (χ1) is 15.2. The van der Waals surface area contributed by atoms with Gasteiger partial charge in [0.1, 0.15) is 19.8 Å². The predicted octanol–water partition coefficient (Wildman–Crippen LogP) is 3.40. The number of amides is 1. The molecule has 0 saturated carbocycles. The number of nitrogens with one attached hydrogen (secondary N) is 1. The summed E-state index contributed by atoms with van der Waals surface area (Å²) in [6.07, 6.45) is -6.01. The number of fused-ring (bicyclic) bond motifs is 2. The molecule has 1 aliphatic rings. The van der Waals surface area contributed by atoms with Gasteiger partial charge in [-0.05, 0) is 31.2 Å². The molecule has 0 fully saturated rings. The van der Waals surface area contributed by atoms with Crippen molar-refractivity contribution >= 4 is 28.6 Å². The van der Waals surface area contributed by atoms with Crippen LogP contribution in [0.1, 0.15) is 12.7 Å². The Morgan fingerprint density at radius 2 is 1.88 bits per heavy atom. The van der Waals surface area contributed by atoms with Crippen LogP contribution >= 0.6 is 0 Å². The SMILES string of the molecule is C[C@H](OC(=O)Cn1c(C(F)(F)F)nc2ccccc21)C(=O)Nc1ccc2c(c1)OCCO2. The number of carbonyl (C=O) groups is 2. The number of rotatable bonds is 5. The fraction of sp³-hybridized carbons (Fsp3) is 0.286. The lowest BCUT2D eigenvalue weighted by Crippen LogP contribution is -2.31. The highest BCUT2D eigenvalue weighted by Gasteiger charge is 2.38. The minimum Gasteiger partial charge on any atom is -0.486 e. The van der Waals surface area contributed by atoms with Gasteiger partial charge in [-0.15, -0.1) is 0 Å². The van der Waals surface area contributed by atoms with Gasteiger partial charge in [0, 0.05) is 11.8 Å². The summed E-state index contributed by atoms with van der Waals surface area (Å²) in [5, 5.41) is 2.57. The summed E-state index contributed by atoms with van der Waals surface area (Å²) in [5.41, 5.74) is 0.615. The summed E-state index contributed by atoms with van der Waals surface area (Å²) in [6, 6.07) is 10.7. The molecule has 0 aliphatic carbocycles. The van der Waals surface area contributed by atoms with Crippen molar-refractivity contribution in [2.75, 3.05) is 18.5 Å². The number of anilines is 1. The van der Waals surface area contributed by atoms with E-state index in [1.807, 2.05) is 0 Å². The van der Waals surface area contributed by atoms with E-state index in [0.717, 1.165) is 4.57 Å². The third kappa shape index (κ3) is 4.46. The molecule has 1 amide bonds. The van der Waals surface area contributed by atoms with Gasteiger partial charge >= 0.3 is 12.1 Å². The van der Waals surface area contributed by atoms with Crippen LogP contribution in [0.5, 0.6) is 11.5 Å². The highest BCUT2D eigenvalue weighted by atomic mass is 19.4. The molecule has 32 heavy (non-hydrogen) atoms. The third-order valence-corrected chi connectivity index (χ3v) is 4.68. The van der Waals surface area contributed by atoms with Crippen LogP contribution in [0.3, 0.4) is 0 Å². The van der Waals surface area contributed by atoms with Gasteiger partial charge in [0.05, 0.1) is 11.0 Å². The topological polar surface area (TPSA) is 91.7 Å². The zero-order chi connectivity index (χ0) is 22.9. The molecule has 1 aliphatic heterocycles. The van der Waals surface area contributed by atoms with E-state index in [4.69, 9.17) is 14.2 Å². The molecule has 0 saturated heterocycles. The number of para-hydroxylation sites is 2. The maximum absolute atomic E-state index is 13.4. The van der Waals surface area contributed by atoms with Crippen LogP contribution in [0.2, 0.25) is 0 Å². The quantitative estimate of drug-likeness (QED) is 0.601. The summed E-state index contributed by atoms with van der Waals surface area (Å²) in [6.45, 7) is 1.37. The van der Waals surface area contributed by atoms with Gasteiger partial charge in [0.25, 0.3) is 5.91 Å². The molecule has 0 unspecified atom stereocenters. The summed E-state index contributed by atoms with van der Waals surface area (Å²) >= 11 is 0. The molecule has 0 bridgehead atoms. The van der Waals surface area contributed by atoms with Crippen molar-refractivity contribution in [3.8, 4) is 11.5 Å². The van der Waals surface area contributed by atoms with Crippen molar-refractivity contribution in [3.05, 3.63) is 48.3 Å². The van der Waals surface area contributed by atoms with Crippen LogP contribution in [0.25, 0.3) is 11.0 Å². The zero-order valence-corrected chi connectivity index (χ0v) is 16.8. The van der Waals surface area contributed by atoms with E-state index in [2.05, 4.69) is 10.3 Å². The lowest BCUT2D eigenvalue weighted by molar-refractivity contribution is -0.156. The zero-order valence-electron chi connectivity index (χ0n) is 16.8. The second-order valence-corrected chi connectivity index (χ2v) is 6.99. The lowest BCUT2D eigenvalue weighted by Gasteiger charge is -2.19. The molecule has 3 aromatic rings. The number of halogens is 3. The standard InChI is InChI=1S/C21H18F3N3O5/c1-12(19(29)25-13-6-7-16-17(10-13)31-9-8-30-16)32-18(28)11-27-15-5-3-2-4-14(15)26-20(27)21(22,23)24/h2-7,10,12H,8-9,11H2,1H3,(H,25,29)/t12-/m0/s1. The number of imidazole rings is 1. The number of benzene rings is 2. The molecule has 2 aromatic carbocycles. The van der Waals surface area contributed by atoms with E-state index in [0.29, 0.717) is 30.4 Å². The van der Waals surface area contributed by atoms with E-state index in [9.17, 15) is 22.8 Å². The number of aromatic nitrogens is 2. The second-order valence-electron chi connectivity index (χ2n) is 6.99.